The molecule has 5 heteroatoms. The fourth-order valence-corrected chi connectivity index (χ4v) is 1.83. The number of nitrogen functional groups attached to an aromatic ring is 1. The van der Waals surface area contributed by atoms with Crippen LogP contribution in [-0.4, -0.2) is 10.9 Å². The number of anilines is 1. The summed E-state index contributed by atoms with van der Waals surface area (Å²) in [5, 5.41) is 0. The van der Waals surface area contributed by atoms with Gasteiger partial charge in [-0.1, -0.05) is 28.1 Å². The second-order valence-electron chi connectivity index (χ2n) is 3.36. The van der Waals surface area contributed by atoms with Crippen molar-refractivity contribution in [2.24, 2.45) is 5.73 Å². The summed E-state index contributed by atoms with van der Waals surface area (Å²) in [6.45, 7) is 0. The fourth-order valence-electron chi connectivity index (χ4n) is 1.56. The number of hydrogen-bond donors (Lipinski definition) is 3. The first-order valence-electron chi connectivity index (χ1n) is 4.62. The zero-order valence-corrected chi connectivity index (χ0v) is 9.91. The third-order valence-electron chi connectivity index (χ3n) is 2.31. The monoisotopic (exact) mass is 279 g/mol. The number of halogens is 1. The molecule has 0 fully saturated rings. The Morgan fingerprint density at radius 3 is 2.44 bits per heavy atom. The Balaban J connectivity index is 2.56. The molecule has 0 radical (unpaired) electrons. The minimum Gasteiger partial charge on any atom is -0.385 e. The minimum absolute atomic E-state index is 0.297. The minimum atomic E-state index is -0.531. The zero-order chi connectivity index (χ0) is 11.7. The molecule has 2 aromatic rings. The van der Waals surface area contributed by atoms with Crippen molar-refractivity contribution in [1.29, 1.82) is 0 Å². The largest absolute Gasteiger partial charge is 0.385 e. The lowest BCUT2D eigenvalue weighted by molar-refractivity contribution is 0.100. The molecule has 0 saturated carbocycles. The first-order chi connectivity index (χ1) is 7.59. The van der Waals surface area contributed by atoms with Gasteiger partial charge >= 0.3 is 0 Å². The number of carbonyl (C=O) groups excluding carboxylic acids is 1. The van der Waals surface area contributed by atoms with E-state index < -0.39 is 5.91 Å². The van der Waals surface area contributed by atoms with Crippen LogP contribution in [0, 0.1) is 0 Å². The Hall–Kier alpha value is -1.75. The number of nitrogens with one attached hydrogen (secondary N) is 1. The summed E-state index contributed by atoms with van der Waals surface area (Å²) in [6.07, 6.45) is 1.68. The van der Waals surface area contributed by atoms with Crippen LogP contribution in [0.2, 0.25) is 0 Å². The molecule has 4 nitrogen and oxygen atoms in total. The lowest BCUT2D eigenvalue weighted by Crippen LogP contribution is -2.13. The summed E-state index contributed by atoms with van der Waals surface area (Å²) in [4.78, 5) is 14.1. The molecule has 0 saturated heterocycles. The Kier molecular flexibility index (Phi) is 2.70. The first-order valence-corrected chi connectivity index (χ1v) is 5.41. The molecule has 82 valence electrons. The molecule has 0 spiro atoms. The van der Waals surface area contributed by atoms with Crippen molar-refractivity contribution >= 4 is 27.7 Å². The highest BCUT2D eigenvalue weighted by molar-refractivity contribution is 9.10. The van der Waals surface area contributed by atoms with Crippen molar-refractivity contribution in [3.63, 3.8) is 0 Å². The van der Waals surface area contributed by atoms with E-state index in [-0.39, 0.29) is 0 Å². The van der Waals surface area contributed by atoms with E-state index in [0.29, 0.717) is 11.4 Å². The molecule has 0 aliphatic carbocycles. The van der Waals surface area contributed by atoms with Crippen LogP contribution in [0.1, 0.15) is 10.4 Å². The van der Waals surface area contributed by atoms with Crippen molar-refractivity contribution in [1.82, 2.24) is 4.98 Å². The van der Waals surface area contributed by atoms with Crippen LogP contribution in [0.5, 0.6) is 0 Å². The van der Waals surface area contributed by atoms with Crippen LogP contribution < -0.4 is 11.5 Å². The highest BCUT2D eigenvalue weighted by Gasteiger charge is 2.15. The normalized spacial score (nSPS) is 10.3. The van der Waals surface area contributed by atoms with Gasteiger partial charge in [-0.25, -0.2) is 0 Å². The molecule has 1 aromatic carbocycles. The number of aromatic nitrogens is 1. The van der Waals surface area contributed by atoms with Crippen LogP contribution >= 0.6 is 15.9 Å². The summed E-state index contributed by atoms with van der Waals surface area (Å²) in [5.74, 6) is -0.234. The van der Waals surface area contributed by atoms with Crippen molar-refractivity contribution in [3.8, 4) is 11.1 Å². The quantitative estimate of drug-likeness (QED) is 0.787. The molecule has 0 unspecified atom stereocenters. The number of hydrogen-bond acceptors (Lipinski definition) is 2. The molecule has 0 bridgehead atoms. The van der Waals surface area contributed by atoms with Crippen molar-refractivity contribution in [2.75, 3.05) is 5.73 Å². The average molecular weight is 280 g/mol. The SMILES string of the molecule is NC(=O)c1c(-c2ccc(Br)cc2)c[nH]c1N. The van der Waals surface area contributed by atoms with E-state index in [1.807, 2.05) is 24.3 Å². The van der Waals surface area contributed by atoms with Gasteiger partial charge in [0.25, 0.3) is 5.91 Å². The van der Waals surface area contributed by atoms with Gasteiger partial charge in [-0.2, -0.15) is 0 Å². The Morgan fingerprint density at radius 1 is 1.25 bits per heavy atom. The van der Waals surface area contributed by atoms with E-state index in [1.54, 1.807) is 6.20 Å². The van der Waals surface area contributed by atoms with E-state index >= 15 is 0 Å². The molecule has 0 aliphatic heterocycles. The number of benzene rings is 1. The van der Waals surface area contributed by atoms with Gasteiger partial charge < -0.3 is 16.5 Å². The highest BCUT2D eigenvalue weighted by atomic mass is 79.9. The number of rotatable bonds is 2. The fraction of sp³-hybridized carbons (Fsp3) is 0. The molecule has 2 rings (SSSR count). The van der Waals surface area contributed by atoms with Crippen molar-refractivity contribution in [2.45, 2.75) is 0 Å². The topological polar surface area (TPSA) is 84.9 Å². The molecule has 0 aliphatic rings. The zero-order valence-electron chi connectivity index (χ0n) is 8.33. The van der Waals surface area contributed by atoms with Gasteiger partial charge in [-0.3, -0.25) is 4.79 Å². The van der Waals surface area contributed by atoms with Gasteiger partial charge in [0.15, 0.2) is 0 Å². The summed E-state index contributed by atoms with van der Waals surface area (Å²) in [5.41, 5.74) is 12.9. The van der Waals surface area contributed by atoms with E-state index in [2.05, 4.69) is 20.9 Å². The number of nitrogens with two attached hydrogens (primary N) is 2. The maximum absolute atomic E-state index is 11.3. The van der Waals surface area contributed by atoms with Crippen LogP contribution in [0.15, 0.2) is 34.9 Å². The van der Waals surface area contributed by atoms with E-state index in [1.165, 1.54) is 0 Å². The number of H-pyrrole nitrogens is 1. The lowest BCUT2D eigenvalue weighted by atomic mass is 10.0. The summed E-state index contributed by atoms with van der Waals surface area (Å²) < 4.78 is 0.973. The van der Waals surface area contributed by atoms with E-state index in [0.717, 1.165) is 15.6 Å². The lowest BCUT2D eigenvalue weighted by Gasteiger charge is -2.01. The summed E-state index contributed by atoms with van der Waals surface area (Å²) in [7, 11) is 0. The molecular formula is C11H10BrN3O. The molecular weight excluding hydrogens is 270 g/mol. The molecule has 1 heterocycles. The predicted molar refractivity (Wildman–Crippen MR) is 66.9 cm³/mol. The van der Waals surface area contributed by atoms with Gasteiger partial charge in [0.2, 0.25) is 0 Å². The number of carbonyl (C=O) groups is 1. The van der Waals surface area contributed by atoms with Gasteiger partial charge in [0.05, 0.1) is 5.56 Å². The third kappa shape index (κ3) is 1.81. The van der Waals surface area contributed by atoms with Crippen LogP contribution in [0.25, 0.3) is 11.1 Å². The molecule has 1 amide bonds. The number of aromatic amines is 1. The van der Waals surface area contributed by atoms with Gasteiger partial charge in [0, 0.05) is 16.2 Å². The highest BCUT2D eigenvalue weighted by Crippen LogP contribution is 2.28. The Labute approximate surface area is 101 Å². The second kappa shape index (κ2) is 4.02. The number of amides is 1. The van der Waals surface area contributed by atoms with Gasteiger partial charge in [0.1, 0.15) is 5.82 Å². The third-order valence-corrected chi connectivity index (χ3v) is 2.84. The Bertz CT molecular complexity index is 531. The second-order valence-corrected chi connectivity index (χ2v) is 4.28. The summed E-state index contributed by atoms with van der Waals surface area (Å²) in [6, 6.07) is 7.56. The van der Waals surface area contributed by atoms with Crippen molar-refractivity contribution < 1.29 is 4.79 Å². The van der Waals surface area contributed by atoms with Crippen LogP contribution in [0.4, 0.5) is 5.82 Å². The van der Waals surface area contributed by atoms with Gasteiger partial charge in [-0.05, 0) is 17.7 Å². The number of primary amides is 1. The predicted octanol–water partition coefficient (Wildman–Crippen LogP) is 2.13. The molecule has 5 N–H and O–H groups in total. The molecule has 16 heavy (non-hydrogen) atoms. The standard InChI is InChI=1S/C11H10BrN3O/c12-7-3-1-6(2-4-7)8-5-15-10(13)9(8)11(14)16/h1-5,15H,13H2,(H2,14,16). The van der Waals surface area contributed by atoms with Crippen molar-refractivity contribution in [3.05, 3.63) is 40.5 Å². The maximum Gasteiger partial charge on any atom is 0.253 e. The van der Waals surface area contributed by atoms with E-state index in [4.69, 9.17) is 11.5 Å². The molecule has 0 atom stereocenters. The first kappa shape index (κ1) is 10.8. The Morgan fingerprint density at radius 2 is 1.88 bits per heavy atom. The average Bonchev–Trinajstić information content (AvgIpc) is 2.61. The molecule has 1 aromatic heterocycles. The smallest absolute Gasteiger partial charge is 0.253 e. The van der Waals surface area contributed by atoms with E-state index in [9.17, 15) is 4.79 Å². The van der Waals surface area contributed by atoms with Crippen LogP contribution in [-0.2, 0) is 0 Å². The summed E-state index contributed by atoms with van der Waals surface area (Å²) >= 11 is 3.35. The van der Waals surface area contributed by atoms with Gasteiger partial charge in [-0.15, -0.1) is 0 Å². The van der Waals surface area contributed by atoms with Crippen LogP contribution in [0.3, 0.4) is 0 Å². The maximum atomic E-state index is 11.3.